The lowest BCUT2D eigenvalue weighted by Gasteiger charge is -2.17. The number of carboxylic acid groups (broad SMARTS) is 1. The molecule has 0 unspecified atom stereocenters. The van der Waals surface area contributed by atoms with Crippen LogP contribution in [0.4, 0.5) is 14.5 Å². The second kappa shape index (κ2) is 6.79. The first-order chi connectivity index (χ1) is 8.92. The Morgan fingerprint density at radius 1 is 1.26 bits per heavy atom. The highest BCUT2D eigenvalue weighted by molar-refractivity contribution is 5.92. The molecule has 0 aromatic heterocycles. The van der Waals surface area contributed by atoms with Gasteiger partial charge in [-0.15, -0.1) is 0 Å². The van der Waals surface area contributed by atoms with Crippen molar-refractivity contribution >= 4 is 17.6 Å². The van der Waals surface area contributed by atoms with Gasteiger partial charge in [0, 0.05) is 11.8 Å². The molecule has 0 saturated carbocycles. The average Bonchev–Trinajstić information content (AvgIpc) is 2.32. The molecule has 0 aliphatic heterocycles. The molecule has 0 radical (unpaired) electrons. The third-order valence-electron chi connectivity index (χ3n) is 2.38. The SMILES string of the molecule is CCN(CC(=O)O)CC(=O)Nc1ccc(F)c(F)c1. The van der Waals surface area contributed by atoms with Crippen LogP contribution in [-0.4, -0.2) is 41.5 Å². The van der Waals surface area contributed by atoms with Crippen molar-refractivity contribution in [1.29, 1.82) is 0 Å². The summed E-state index contributed by atoms with van der Waals surface area (Å²) in [5, 5.41) is 11.0. The van der Waals surface area contributed by atoms with Gasteiger partial charge in [-0.2, -0.15) is 0 Å². The van der Waals surface area contributed by atoms with Gasteiger partial charge in [-0.3, -0.25) is 14.5 Å². The molecule has 1 aromatic rings. The summed E-state index contributed by atoms with van der Waals surface area (Å²) >= 11 is 0. The van der Waals surface area contributed by atoms with Crippen LogP contribution in [0.5, 0.6) is 0 Å². The fourth-order valence-corrected chi connectivity index (χ4v) is 1.45. The molecule has 0 spiro atoms. The normalized spacial score (nSPS) is 10.5. The van der Waals surface area contributed by atoms with Crippen molar-refractivity contribution in [2.24, 2.45) is 0 Å². The van der Waals surface area contributed by atoms with Crippen LogP contribution in [-0.2, 0) is 9.59 Å². The Kier molecular flexibility index (Phi) is 5.37. The molecule has 0 fully saturated rings. The Morgan fingerprint density at radius 2 is 1.95 bits per heavy atom. The quantitative estimate of drug-likeness (QED) is 0.819. The molecule has 1 aromatic carbocycles. The molecule has 7 heteroatoms. The Bertz CT molecular complexity index is 480. The number of carboxylic acids is 1. The molecule has 1 amide bonds. The van der Waals surface area contributed by atoms with Crippen LogP contribution >= 0.6 is 0 Å². The van der Waals surface area contributed by atoms with Gasteiger partial charge >= 0.3 is 5.97 Å². The van der Waals surface area contributed by atoms with Gasteiger partial charge < -0.3 is 10.4 Å². The minimum absolute atomic E-state index is 0.121. The van der Waals surface area contributed by atoms with Crippen molar-refractivity contribution in [2.75, 3.05) is 25.0 Å². The highest BCUT2D eigenvalue weighted by atomic mass is 19.2. The van der Waals surface area contributed by atoms with Crippen molar-refractivity contribution in [3.63, 3.8) is 0 Å². The number of rotatable bonds is 6. The molecular weight excluding hydrogens is 258 g/mol. The summed E-state index contributed by atoms with van der Waals surface area (Å²) in [5.41, 5.74) is 0.121. The van der Waals surface area contributed by atoms with Crippen LogP contribution in [0.15, 0.2) is 18.2 Å². The molecule has 0 saturated heterocycles. The smallest absolute Gasteiger partial charge is 0.317 e. The molecule has 0 atom stereocenters. The van der Waals surface area contributed by atoms with Gasteiger partial charge in [0.1, 0.15) is 0 Å². The summed E-state index contributed by atoms with van der Waals surface area (Å²) < 4.78 is 25.6. The summed E-state index contributed by atoms with van der Waals surface area (Å²) in [5.74, 6) is -3.59. The fraction of sp³-hybridized carbons (Fsp3) is 0.333. The lowest BCUT2D eigenvalue weighted by Crippen LogP contribution is -2.36. The largest absolute Gasteiger partial charge is 0.480 e. The summed E-state index contributed by atoms with van der Waals surface area (Å²) in [6, 6.07) is 2.99. The second-order valence-corrected chi connectivity index (χ2v) is 3.87. The van der Waals surface area contributed by atoms with E-state index in [9.17, 15) is 18.4 Å². The molecular formula is C12H14F2N2O3. The summed E-state index contributed by atoms with van der Waals surface area (Å²) in [7, 11) is 0. The molecule has 0 heterocycles. The lowest BCUT2D eigenvalue weighted by atomic mass is 10.3. The number of halogens is 2. The van der Waals surface area contributed by atoms with Crippen molar-refractivity contribution < 1.29 is 23.5 Å². The molecule has 2 N–H and O–H groups in total. The topological polar surface area (TPSA) is 69.6 Å². The van der Waals surface area contributed by atoms with Gasteiger partial charge in [0.25, 0.3) is 0 Å². The number of nitrogens with one attached hydrogen (secondary N) is 1. The first-order valence-electron chi connectivity index (χ1n) is 5.61. The Morgan fingerprint density at radius 3 is 2.47 bits per heavy atom. The third-order valence-corrected chi connectivity index (χ3v) is 2.38. The van der Waals surface area contributed by atoms with Gasteiger partial charge in [0.15, 0.2) is 11.6 Å². The van der Waals surface area contributed by atoms with E-state index < -0.39 is 23.5 Å². The van der Waals surface area contributed by atoms with Crippen LogP contribution in [0.2, 0.25) is 0 Å². The van der Waals surface area contributed by atoms with Crippen LogP contribution in [0, 0.1) is 11.6 Å². The Labute approximate surface area is 108 Å². The van der Waals surface area contributed by atoms with E-state index in [0.717, 1.165) is 12.1 Å². The Hall–Kier alpha value is -2.02. The van der Waals surface area contributed by atoms with E-state index in [2.05, 4.69) is 5.32 Å². The van der Waals surface area contributed by atoms with Gasteiger partial charge in [-0.1, -0.05) is 6.92 Å². The van der Waals surface area contributed by atoms with Crippen LogP contribution < -0.4 is 5.32 Å². The number of nitrogens with zero attached hydrogens (tertiary/aromatic N) is 1. The van der Waals surface area contributed by atoms with Crippen molar-refractivity contribution in [2.45, 2.75) is 6.92 Å². The molecule has 0 aliphatic carbocycles. The van der Waals surface area contributed by atoms with Crippen LogP contribution in [0.25, 0.3) is 0 Å². The van der Waals surface area contributed by atoms with Gasteiger partial charge in [-0.25, -0.2) is 8.78 Å². The molecule has 19 heavy (non-hydrogen) atoms. The van der Waals surface area contributed by atoms with Crippen LogP contribution in [0.1, 0.15) is 6.92 Å². The predicted molar refractivity (Wildman–Crippen MR) is 64.7 cm³/mol. The van der Waals surface area contributed by atoms with Crippen molar-refractivity contribution in [3.8, 4) is 0 Å². The number of carbonyl (C=O) groups excluding carboxylic acids is 1. The number of amides is 1. The molecule has 5 nitrogen and oxygen atoms in total. The maximum atomic E-state index is 12.9. The molecule has 1 rings (SSSR count). The molecule has 0 bridgehead atoms. The Balaban J connectivity index is 2.58. The third kappa shape index (κ3) is 5.01. The maximum Gasteiger partial charge on any atom is 0.317 e. The number of anilines is 1. The highest BCUT2D eigenvalue weighted by Crippen LogP contribution is 2.12. The number of aliphatic carboxylic acids is 1. The highest BCUT2D eigenvalue weighted by Gasteiger charge is 2.13. The lowest BCUT2D eigenvalue weighted by molar-refractivity contribution is -0.138. The fourth-order valence-electron chi connectivity index (χ4n) is 1.45. The molecule has 104 valence electrons. The zero-order chi connectivity index (χ0) is 14.4. The number of benzene rings is 1. The van der Waals surface area contributed by atoms with E-state index in [1.54, 1.807) is 6.92 Å². The van der Waals surface area contributed by atoms with Crippen LogP contribution in [0.3, 0.4) is 0 Å². The summed E-state index contributed by atoms with van der Waals surface area (Å²) in [4.78, 5) is 23.5. The number of likely N-dealkylation sites (N-methyl/N-ethyl adjacent to an activating group) is 1. The monoisotopic (exact) mass is 272 g/mol. The van der Waals surface area contributed by atoms with Gasteiger partial charge in [-0.05, 0) is 18.7 Å². The van der Waals surface area contributed by atoms with E-state index >= 15 is 0 Å². The summed E-state index contributed by atoms with van der Waals surface area (Å²) in [6.07, 6.45) is 0. The molecule has 0 aliphatic rings. The van der Waals surface area contributed by atoms with E-state index in [4.69, 9.17) is 5.11 Å². The standard InChI is InChI=1S/C12H14F2N2O3/c1-2-16(7-12(18)19)6-11(17)15-8-3-4-9(13)10(14)5-8/h3-5H,2,6-7H2,1H3,(H,15,17)(H,18,19). The second-order valence-electron chi connectivity index (χ2n) is 3.87. The number of hydrogen-bond acceptors (Lipinski definition) is 3. The van der Waals surface area contributed by atoms with E-state index in [1.807, 2.05) is 0 Å². The predicted octanol–water partition coefficient (Wildman–Crippen LogP) is 1.31. The minimum Gasteiger partial charge on any atom is -0.480 e. The van der Waals surface area contributed by atoms with Crippen molar-refractivity contribution in [3.05, 3.63) is 29.8 Å². The average molecular weight is 272 g/mol. The summed E-state index contributed by atoms with van der Waals surface area (Å²) in [6.45, 7) is 1.70. The van der Waals surface area contributed by atoms with Gasteiger partial charge in [0.2, 0.25) is 5.91 Å². The maximum absolute atomic E-state index is 12.9. The van der Waals surface area contributed by atoms with E-state index in [0.29, 0.717) is 6.54 Å². The first kappa shape index (κ1) is 15.0. The van der Waals surface area contributed by atoms with Gasteiger partial charge in [0.05, 0.1) is 13.1 Å². The number of carbonyl (C=O) groups is 2. The number of hydrogen-bond donors (Lipinski definition) is 2. The van der Waals surface area contributed by atoms with E-state index in [1.165, 1.54) is 11.0 Å². The zero-order valence-electron chi connectivity index (χ0n) is 10.3. The van der Waals surface area contributed by atoms with Crippen molar-refractivity contribution in [1.82, 2.24) is 4.90 Å². The van der Waals surface area contributed by atoms with E-state index in [-0.39, 0.29) is 18.8 Å². The zero-order valence-corrected chi connectivity index (χ0v) is 10.3. The first-order valence-corrected chi connectivity index (χ1v) is 5.61. The minimum atomic E-state index is -1.06.